The number of amides is 1. The Bertz CT molecular complexity index is 1330. The second-order valence-electron chi connectivity index (χ2n) is 8.20. The van der Waals surface area contributed by atoms with Crippen LogP contribution in [0.15, 0.2) is 66.7 Å². The zero-order chi connectivity index (χ0) is 23.6. The van der Waals surface area contributed by atoms with Crippen LogP contribution in [0.5, 0.6) is 0 Å². The minimum atomic E-state index is -3.58. The molecule has 1 aliphatic heterocycles. The number of hydrogen-bond donors (Lipinski definition) is 1. The molecule has 0 fully saturated rings. The summed E-state index contributed by atoms with van der Waals surface area (Å²) in [6, 6.07) is 19.5. The largest absolute Gasteiger partial charge is 0.351 e. The molecule has 170 valence electrons. The van der Waals surface area contributed by atoms with Gasteiger partial charge in [0.1, 0.15) is 0 Å². The van der Waals surface area contributed by atoms with Gasteiger partial charge in [-0.05, 0) is 55.2 Å². The average Bonchev–Trinajstić information content (AvgIpc) is 3.25. The molecule has 1 aliphatic rings. The number of para-hydroxylation sites is 1. The maximum absolute atomic E-state index is 13.1. The van der Waals surface area contributed by atoms with Gasteiger partial charge < -0.3 is 5.32 Å². The third-order valence-corrected chi connectivity index (χ3v) is 7.78. The van der Waals surface area contributed by atoms with Crippen molar-refractivity contribution in [2.45, 2.75) is 20.3 Å². The number of nitrogens with zero attached hydrogens (tertiary/aromatic N) is 1. The van der Waals surface area contributed by atoms with Crippen LogP contribution in [-0.4, -0.2) is 39.0 Å². The minimum Gasteiger partial charge on any atom is -0.351 e. The fraction of sp³-hybridized carbons (Fsp3) is 0.231. The quantitative estimate of drug-likeness (QED) is 0.543. The van der Waals surface area contributed by atoms with E-state index in [-0.39, 0.29) is 29.2 Å². The molecule has 1 amide bonds. The summed E-state index contributed by atoms with van der Waals surface area (Å²) in [4.78, 5) is 25.9. The maximum Gasteiger partial charge on any atom is 0.252 e. The summed E-state index contributed by atoms with van der Waals surface area (Å²) in [6.07, 6.45) is 0.676. The molecule has 0 bridgehead atoms. The molecular formula is C26H26N2O4S. The van der Waals surface area contributed by atoms with E-state index in [1.165, 1.54) is 4.31 Å². The Morgan fingerprint density at radius 1 is 0.909 bits per heavy atom. The van der Waals surface area contributed by atoms with Crippen LogP contribution in [-0.2, 0) is 16.4 Å². The molecule has 1 N–H and O–H groups in total. The van der Waals surface area contributed by atoms with Gasteiger partial charge in [-0.1, -0.05) is 48.5 Å². The molecule has 6 nitrogen and oxygen atoms in total. The van der Waals surface area contributed by atoms with Gasteiger partial charge in [0.05, 0.1) is 17.0 Å². The summed E-state index contributed by atoms with van der Waals surface area (Å²) < 4.78 is 27.1. The van der Waals surface area contributed by atoms with Crippen LogP contribution in [0.1, 0.15) is 43.0 Å². The molecule has 0 aliphatic carbocycles. The Morgan fingerprint density at radius 3 is 2.36 bits per heavy atom. The number of fused-ring (bicyclic) bond motifs is 1. The number of hydrogen-bond acceptors (Lipinski definition) is 4. The van der Waals surface area contributed by atoms with E-state index < -0.39 is 15.9 Å². The van der Waals surface area contributed by atoms with Crippen LogP contribution in [0, 0.1) is 13.8 Å². The average molecular weight is 463 g/mol. The zero-order valence-corrected chi connectivity index (χ0v) is 19.5. The molecular weight excluding hydrogens is 436 g/mol. The van der Waals surface area contributed by atoms with Crippen molar-refractivity contribution in [2.75, 3.05) is 23.1 Å². The molecule has 3 aromatic carbocycles. The summed E-state index contributed by atoms with van der Waals surface area (Å²) in [5.74, 6) is -0.940. The van der Waals surface area contributed by atoms with Gasteiger partial charge in [0.15, 0.2) is 5.78 Å². The van der Waals surface area contributed by atoms with Gasteiger partial charge in [-0.25, -0.2) is 8.42 Å². The Morgan fingerprint density at radius 2 is 1.61 bits per heavy atom. The first kappa shape index (κ1) is 22.7. The lowest BCUT2D eigenvalue weighted by atomic mass is 9.95. The van der Waals surface area contributed by atoms with Gasteiger partial charge >= 0.3 is 0 Å². The minimum absolute atomic E-state index is 0.0496. The summed E-state index contributed by atoms with van der Waals surface area (Å²) in [7, 11) is -3.58. The van der Waals surface area contributed by atoms with Crippen molar-refractivity contribution in [3.8, 4) is 0 Å². The number of anilines is 1. The third-order valence-electron chi connectivity index (χ3n) is 6.01. The van der Waals surface area contributed by atoms with E-state index in [1.54, 1.807) is 36.4 Å². The number of aryl methyl sites for hydroxylation is 2. The number of carbonyl (C=O) groups excluding carboxylic acids is 2. The lowest BCUT2D eigenvalue weighted by Crippen LogP contribution is -2.37. The molecule has 0 unspecified atom stereocenters. The van der Waals surface area contributed by atoms with E-state index in [4.69, 9.17) is 0 Å². The van der Waals surface area contributed by atoms with Crippen molar-refractivity contribution in [3.05, 3.63) is 100 Å². The van der Waals surface area contributed by atoms with Crippen molar-refractivity contribution in [1.82, 2.24) is 5.32 Å². The van der Waals surface area contributed by atoms with E-state index in [0.717, 1.165) is 16.7 Å². The number of rotatable bonds is 7. The van der Waals surface area contributed by atoms with Crippen LogP contribution in [0.3, 0.4) is 0 Å². The van der Waals surface area contributed by atoms with Gasteiger partial charge in [0.2, 0.25) is 10.0 Å². The topological polar surface area (TPSA) is 83.5 Å². The van der Waals surface area contributed by atoms with Crippen molar-refractivity contribution in [2.24, 2.45) is 0 Å². The first-order chi connectivity index (χ1) is 15.8. The highest BCUT2D eigenvalue weighted by molar-refractivity contribution is 7.92. The first-order valence-electron chi connectivity index (χ1n) is 10.9. The van der Waals surface area contributed by atoms with Crippen molar-refractivity contribution in [1.29, 1.82) is 0 Å². The predicted molar refractivity (Wildman–Crippen MR) is 129 cm³/mol. The monoisotopic (exact) mass is 462 g/mol. The number of sulfonamides is 1. The standard InChI is InChI=1S/C26H26N2O4S/c1-18-11-12-21(17-19(18)2)25(29)22-8-4-5-9-23(22)26(30)27-14-16-33(31,32)28-15-13-20-7-3-6-10-24(20)28/h3-12,17H,13-16H2,1-2H3,(H,27,30). The summed E-state index contributed by atoms with van der Waals surface area (Å²) >= 11 is 0. The van der Waals surface area contributed by atoms with Crippen molar-refractivity contribution in [3.63, 3.8) is 0 Å². The molecule has 0 saturated heterocycles. The molecule has 0 aromatic heterocycles. The summed E-state index contributed by atoms with van der Waals surface area (Å²) in [5.41, 5.74) is 4.81. The summed E-state index contributed by atoms with van der Waals surface area (Å²) in [5, 5.41) is 2.67. The number of ketones is 1. The van der Waals surface area contributed by atoms with Gasteiger partial charge in [-0.15, -0.1) is 0 Å². The summed E-state index contributed by atoms with van der Waals surface area (Å²) in [6.45, 7) is 4.26. The Hall–Kier alpha value is -3.45. The van der Waals surface area contributed by atoms with Crippen LogP contribution in [0.4, 0.5) is 5.69 Å². The van der Waals surface area contributed by atoms with Crippen LogP contribution < -0.4 is 9.62 Å². The van der Waals surface area contributed by atoms with E-state index in [2.05, 4.69) is 5.32 Å². The van der Waals surface area contributed by atoms with Gasteiger partial charge in [0.25, 0.3) is 5.91 Å². The second kappa shape index (κ2) is 9.19. The van der Waals surface area contributed by atoms with Crippen molar-refractivity contribution >= 4 is 27.4 Å². The Balaban J connectivity index is 1.45. The molecule has 7 heteroatoms. The highest BCUT2D eigenvalue weighted by Crippen LogP contribution is 2.29. The normalized spacial score (nSPS) is 13.0. The maximum atomic E-state index is 13.1. The third kappa shape index (κ3) is 4.68. The fourth-order valence-corrected chi connectivity index (χ4v) is 5.44. The SMILES string of the molecule is Cc1ccc(C(=O)c2ccccc2C(=O)NCCS(=O)(=O)N2CCc3ccccc32)cc1C. The lowest BCUT2D eigenvalue weighted by Gasteiger charge is -2.19. The fourth-order valence-electron chi connectivity index (χ4n) is 4.01. The van der Waals surface area contributed by atoms with Crippen LogP contribution in [0.25, 0.3) is 0 Å². The lowest BCUT2D eigenvalue weighted by molar-refractivity contribution is 0.0944. The van der Waals surface area contributed by atoms with Crippen molar-refractivity contribution < 1.29 is 18.0 Å². The molecule has 0 spiro atoms. The number of nitrogens with one attached hydrogen (secondary N) is 1. The Labute approximate surface area is 194 Å². The molecule has 33 heavy (non-hydrogen) atoms. The van der Waals surface area contributed by atoms with Gasteiger partial charge in [0, 0.05) is 24.2 Å². The molecule has 1 heterocycles. The van der Waals surface area contributed by atoms with E-state index >= 15 is 0 Å². The van der Waals surface area contributed by atoms with E-state index in [9.17, 15) is 18.0 Å². The number of benzene rings is 3. The molecule has 0 saturated carbocycles. The predicted octanol–water partition coefficient (Wildman–Crippen LogP) is 3.66. The molecule has 0 atom stereocenters. The van der Waals surface area contributed by atoms with Crippen LogP contribution in [0.2, 0.25) is 0 Å². The van der Waals surface area contributed by atoms with Crippen LogP contribution >= 0.6 is 0 Å². The van der Waals surface area contributed by atoms with Gasteiger partial charge in [-0.3, -0.25) is 13.9 Å². The second-order valence-corrected chi connectivity index (χ2v) is 10.2. The smallest absolute Gasteiger partial charge is 0.252 e. The molecule has 4 rings (SSSR count). The van der Waals surface area contributed by atoms with E-state index in [1.807, 2.05) is 44.2 Å². The molecule has 0 radical (unpaired) electrons. The Kier molecular flexibility index (Phi) is 6.33. The highest BCUT2D eigenvalue weighted by atomic mass is 32.2. The highest BCUT2D eigenvalue weighted by Gasteiger charge is 2.29. The molecule has 3 aromatic rings. The zero-order valence-electron chi connectivity index (χ0n) is 18.7. The number of carbonyl (C=O) groups is 2. The van der Waals surface area contributed by atoms with Gasteiger partial charge in [-0.2, -0.15) is 0 Å². The first-order valence-corrected chi connectivity index (χ1v) is 12.5. The van der Waals surface area contributed by atoms with E-state index in [0.29, 0.717) is 24.2 Å².